The number of amides is 1. The lowest BCUT2D eigenvalue weighted by Gasteiger charge is -2.44. The number of nitrogens with one attached hydrogen (secondary N) is 1. The second-order valence-electron chi connectivity index (χ2n) is 7.60. The van der Waals surface area contributed by atoms with E-state index in [2.05, 4.69) is 15.2 Å². The molecule has 2 unspecified atom stereocenters. The molecule has 0 radical (unpaired) electrons. The Balaban J connectivity index is 1.30. The van der Waals surface area contributed by atoms with Gasteiger partial charge in [0.2, 0.25) is 5.91 Å². The minimum atomic E-state index is 0.0787. The molecule has 1 amide bonds. The first-order valence-electron chi connectivity index (χ1n) is 9.87. The lowest BCUT2D eigenvalue weighted by molar-refractivity contribution is -0.122. The summed E-state index contributed by atoms with van der Waals surface area (Å²) in [5, 5.41) is 3.17. The van der Waals surface area contributed by atoms with Gasteiger partial charge in [0.15, 0.2) is 0 Å². The van der Waals surface area contributed by atoms with E-state index in [1.54, 1.807) is 6.33 Å². The van der Waals surface area contributed by atoms with Gasteiger partial charge in [-0.15, -0.1) is 0 Å². The Kier molecular flexibility index (Phi) is 5.34. The number of imidazole rings is 1. The Morgan fingerprint density at radius 1 is 1.12 bits per heavy atom. The van der Waals surface area contributed by atoms with Gasteiger partial charge in [0.05, 0.1) is 12.0 Å². The summed E-state index contributed by atoms with van der Waals surface area (Å²) in [6.07, 6.45) is 10.2. The number of carbonyl (C=O) groups is 1. The Labute approximate surface area is 155 Å². The zero-order valence-corrected chi connectivity index (χ0v) is 15.3. The van der Waals surface area contributed by atoms with Gasteiger partial charge in [-0.3, -0.25) is 4.79 Å². The fourth-order valence-electron chi connectivity index (χ4n) is 4.49. The molecule has 0 spiro atoms. The van der Waals surface area contributed by atoms with Crippen LogP contribution in [0.25, 0.3) is 11.3 Å². The highest BCUT2D eigenvalue weighted by Gasteiger charge is 2.32. The summed E-state index contributed by atoms with van der Waals surface area (Å²) < 4.78 is 1.87. The second kappa shape index (κ2) is 8.04. The number of aromatic nitrogens is 2. The predicted molar refractivity (Wildman–Crippen MR) is 103 cm³/mol. The summed E-state index contributed by atoms with van der Waals surface area (Å²) >= 11 is 0. The molecule has 2 saturated heterocycles. The van der Waals surface area contributed by atoms with Crippen molar-refractivity contribution in [1.29, 1.82) is 0 Å². The molecule has 0 aliphatic carbocycles. The summed E-state index contributed by atoms with van der Waals surface area (Å²) in [6.45, 7) is 3.62. The van der Waals surface area contributed by atoms with Crippen molar-refractivity contribution in [2.45, 2.75) is 44.7 Å². The third kappa shape index (κ3) is 3.98. The van der Waals surface area contributed by atoms with E-state index >= 15 is 0 Å². The molecule has 3 heterocycles. The number of hydrogen-bond acceptors (Lipinski definition) is 3. The van der Waals surface area contributed by atoms with E-state index in [-0.39, 0.29) is 5.91 Å². The molecule has 4 rings (SSSR count). The molecule has 138 valence electrons. The zero-order chi connectivity index (χ0) is 17.8. The molecular weight excluding hydrogens is 324 g/mol. The lowest BCUT2D eigenvalue weighted by atomic mass is 9.83. The summed E-state index contributed by atoms with van der Waals surface area (Å²) in [7, 11) is 0. The molecule has 2 aromatic rings. The average molecular weight is 352 g/mol. The minimum Gasteiger partial charge on any atom is -0.354 e. The number of carbonyl (C=O) groups excluding carboxylic acids is 1. The molecule has 1 aromatic carbocycles. The van der Waals surface area contributed by atoms with Crippen molar-refractivity contribution in [2.75, 3.05) is 19.6 Å². The molecule has 1 N–H and O–H groups in total. The van der Waals surface area contributed by atoms with Crippen LogP contribution in [0.1, 0.15) is 32.1 Å². The number of fused-ring (bicyclic) bond motifs is 1. The summed E-state index contributed by atoms with van der Waals surface area (Å²) in [5.41, 5.74) is 1.98. The molecule has 5 heteroatoms. The molecular formula is C21H28N4O. The molecule has 0 bridgehead atoms. The molecule has 0 saturated carbocycles. The molecule has 5 nitrogen and oxygen atoms in total. The fourth-order valence-corrected chi connectivity index (χ4v) is 4.49. The first kappa shape index (κ1) is 17.3. The van der Waals surface area contributed by atoms with Crippen LogP contribution in [-0.4, -0.2) is 46.0 Å². The highest BCUT2D eigenvalue weighted by Crippen LogP contribution is 2.30. The topological polar surface area (TPSA) is 50.2 Å². The van der Waals surface area contributed by atoms with E-state index < -0.39 is 0 Å². The lowest BCUT2D eigenvalue weighted by Crippen LogP contribution is -2.51. The maximum atomic E-state index is 12.4. The van der Waals surface area contributed by atoms with Gasteiger partial charge in [0.1, 0.15) is 6.54 Å². The highest BCUT2D eigenvalue weighted by atomic mass is 16.1. The third-order valence-corrected chi connectivity index (χ3v) is 5.82. The van der Waals surface area contributed by atoms with Crippen LogP contribution >= 0.6 is 0 Å². The van der Waals surface area contributed by atoms with Crippen molar-refractivity contribution >= 4 is 5.91 Å². The third-order valence-electron chi connectivity index (χ3n) is 5.82. The van der Waals surface area contributed by atoms with Gasteiger partial charge < -0.3 is 14.8 Å². The van der Waals surface area contributed by atoms with Crippen LogP contribution in [0.5, 0.6) is 0 Å². The van der Waals surface area contributed by atoms with E-state index in [9.17, 15) is 4.79 Å². The van der Waals surface area contributed by atoms with E-state index in [1.807, 2.05) is 41.1 Å². The minimum absolute atomic E-state index is 0.0787. The second-order valence-corrected chi connectivity index (χ2v) is 7.60. The van der Waals surface area contributed by atoms with Crippen LogP contribution in [0.3, 0.4) is 0 Å². The van der Waals surface area contributed by atoms with Gasteiger partial charge in [-0.1, -0.05) is 36.8 Å². The van der Waals surface area contributed by atoms with Gasteiger partial charge in [0, 0.05) is 24.3 Å². The van der Waals surface area contributed by atoms with Crippen molar-refractivity contribution in [3.8, 4) is 11.3 Å². The smallest absolute Gasteiger partial charge is 0.239 e. The maximum absolute atomic E-state index is 12.4. The van der Waals surface area contributed by atoms with Gasteiger partial charge in [-0.05, 0) is 44.7 Å². The summed E-state index contributed by atoms with van der Waals surface area (Å²) in [4.78, 5) is 19.5. The number of piperidine rings is 2. The monoisotopic (exact) mass is 352 g/mol. The Morgan fingerprint density at radius 3 is 2.85 bits per heavy atom. The Bertz CT molecular complexity index is 725. The normalized spacial score (nSPS) is 23.4. The number of nitrogens with zero attached hydrogens (tertiary/aromatic N) is 3. The van der Waals surface area contributed by atoms with E-state index in [4.69, 9.17) is 0 Å². The number of benzene rings is 1. The Hall–Kier alpha value is -2.14. The van der Waals surface area contributed by atoms with Crippen molar-refractivity contribution in [3.05, 3.63) is 42.9 Å². The standard InChI is InChI=1S/C21H28N4O/c26-21(15-24-14-19(23-16-24)17-7-2-1-3-8-17)22-13-18-9-6-12-25-11-5-4-10-20(18)25/h1-3,7-8,14,16,18,20H,4-6,9-13,15H2,(H,22,26). The molecule has 26 heavy (non-hydrogen) atoms. The van der Waals surface area contributed by atoms with Gasteiger partial charge in [-0.2, -0.15) is 0 Å². The largest absolute Gasteiger partial charge is 0.354 e. The molecule has 1 aromatic heterocycles. The first-order valence-corrected chi connectivity index (χ1v) is 9.87. The number of hydrogen-bond donors (Lipinski definition) is 1. The van der Waals surface area contributed by atoms with Gasteiger partial charge in [-0.25, -0.2) is 4.98 Å². The SMILES string of the molecule is O=C(Cn1cnc(-c2ccccc2)c1)NCC1CCCN2CCCCC12. The maximum Gasteiger partial charge on any atom is 0.239 e. The van der Waals surface area contributed by atoms with Crippen LogP contribution in [0, 0.1) is 5.92 Å². The van der Waals surface area contributed by atoms with Crippen LogP contribution in [0.2, 0.25) is 0 Å². The van der Waals surface area contributed by atoms with Crippen molar-refractivity contribution in [2.24, 2.45) is 5.92 Å². The molecule has 2 atom stereocenters. The summed E-state index contributed by atoms with van der Waals surface area (Å²) in [6, 6.07) is 10.7. The quantitative estimate of drug-likeness (QED) is 0.900. The highest BCUT2D eigenvalue weighted by molar-refractivity contribution is 5.75. The zero-order valence-electron chi connectivity index (χ0n) is 15.3. The first-order chi connectivity index (χ1) is 12.8. The average Bonchev–Trinajstić information content (AvgIpc) is 3.15. The van der Waals surface area contributed by atoms with E-state index in [0.29, 0.717) is 18.5 Å². The van der Waals surface area contributed by atoms with Gasteiger partial charge in [0.25, 0.3) is 0 Å². The molecule has 2 aliphatic rings. The van der Waals surface area contributed by atoms with E-state index in [0.717, 1.165) is 17.8 Å². The van der Waals surface area contributed by atoms with Gasteiger partial charge >= 0.3 is 0 Å². The molecule has 2 aliphatic heterocycles. The fraction of sp³-hybridized carbons (Fsp3) is 0.524. The van der Waals surface area contributed by atoms with E-state index in [1.165, 1.54) is 45.2 Å². The van der Waals surface area contributed by atoms with Crippen molar-refractivity contribution in [3.63, 3.8) is 0 Å². The summed E-state index contributed by atoms with van der Waals surface area (Å²) in [5.74, 6) is 0.686. The predicted octanol–water partition coefficient (Wildman–Crippen LogP) is 2.93. The Morgan fingerprint density at radius 2 is 1.96 bits per heavy atom. The van der Waals surface area contributed by atoms with Crippen LogP contribution in [0.4, 0.5) is 0 Å². The number of rotatable bonds is 5. The van der Waals surface area contributed by atoms with Crippen LogP contribution in [0.15, 0.2) is 42.9 Å². The van der Waals surface area contributed by atoms with Crippen LogP contribution < -0.4 is 5.32 Å². The molecule has 2 fully saturated rings. The van der Waals surface area contributed by atoms with Crippen molar-refractivity contribution in [1.82, 2.24) is 19.8 Å². The van der Waals surface area contributed by atoms with Crippen LogP contribution in [-0.2, 0) is 11.3 Å². The van der Waals surface area contributed by atoms with Crippen molar-refractivity contribution < 1.29 is 4.79 Å².